The number of aryl methyl sites for hydroxylation is 2. The Balaban J connectivity index is 1.54. The van der Waals surface area contributed by atoms with E-state index in [2.05, 4.69) is 24.0 Å². The van der Waals surface area contributed by atoms with Gasteiger partial charge in [0.2, 0.25) is 0 Å². The molecule has 1 saturated heterocycles. The lowest BCUT2D eigenvalue weighted by Gasteiger charge is -2.33. The SMILES string of the molecule is Cc1cccc(COCC2CN(C(=O)c3ccc(C)nc3Cl)CCO2)c1. The van der Waals surface area contributed by atoms with Gasteiger partial charge in [0.15, 0.2) is 0 Å². The number of hydrogen-bond donors (Lipinski definition) is 0. The van der Waals surface area contributed by atoms with Gasteiger partial charge in [-0.05, 0) is 31.5 Å². The number of carbonyl (C=O) groups is 1. The van der Waals surface area contributed by atoms with Gasteiger partial charge in [-0.15, -0.1) is 0 Å². The number of halogens is 1. The van der Waals surface area contributed by atoms with Crippen LogP contribution < -0.4 is 0 Å². The maximum Gasteiger partial charge on any atom is 0.257 e. The molecule has 6 heteroatoms. The third-order valence-electron chi connectivity index (χ3n) is 4.30. The molecular weight excluding hydrogens is 352 g/mol. The van der Waals surface area contributed by atoms with Crippen LogP contribution in [0, 0.1) is 13.8 Å². The predicted octanol–water partition coefficient (Wildman–Crippen LogP) is 3.41. The highest BCUT2D eigenvalue weighted by Gasteiger charge is 2.26. The lowest BCUT2D eigenvalue weighted by molar-refractivity contribution is -0.0647. The van der Waals surface area contributed by atoms with Crippen molar-refractivity contribution < 1.29 is 14.3 Å². The van der Waals surface area contributed by atoms with Crippen molar-refractivity contribution in [1.82, 2.24) is 9.88 Å². The van der Waals surface area contributed by atoms with Crippen molar-refractivity contribution in [3.8, 4) is 0 Å². The zero-order valence-corrected chi connectivity index (χ0v) is 15.8. The van der Waals surface area contributed by atoms with Crippen molar-refractivity contribution >= 4 is 17.5 Å². The van der Waals surface area contributed by atoms with Gasteiger partial charge in [0.1, 0.15) is 5.15 Å². The van der Waals surface area contributed by atoms with E-state index in [-0.39, 0.29) is 17.2 Å². The second-order valence-electron chi connectivity index (χ2n) is 6.54. The van der Waals surface area contributed by atoms with Crippen LogP contribution in [0.3, 0.4) is 0 Å². The number of pyridine rings is 1. The van der Waals surface area contributed by atoms with Crippen LogP contribution in [0.25, 0.3) is 0 Å². The Morgan fingerprint density at radius 2 is 2.19 bits per heavy atom. The smallest absolute Gasteiger partial charge is 0.257 e. The van der Waals surface area contributed by atoms with E-state index in [4.69, 9.17) is 21.1 Å². The summed E-state index contributed by atoms with van der Waals surface area (Å²) in [4.78, 5) is 18.6. The molecule has 1 aromatic carbocycles. The molecule has 138 valence electrons. The summed E-state index contributed by atoms with van der Waals surface area (Å²) >= 11 is 6.13. The second-order valence-corrected chi connectivity index (χ2v) is 6.90. The third-order valence-corrected chi connectivity index (χ3v) is 4.59. The average molecular weight is 375 g/mol. The van der Waals surface area contributed by atoms with Gasteiger partial charge < -0.3 is 14.4 Å². The molecule has 0 bridgehead atoms. The Morgan fingerprint density at radius 3 is 2.96 bits per heavy atom. The van der Waals surface area contributed by atoms with Crippen molar-refractivity contribution in [3.63, 3.8) is 0 Å². The molecule has 0 aliphatic carbocycles. The van der Waals surface area contributed by atoms with E-state index < -0.39 is 0 Å². The van der Waals surface area contributed by atoms with E-state index in [1.165, 1.54) is 5.56 Å². The standard InChI is InChI=1S/C20H23ClN2O3/c1-14-4-3-5-16(10-14)12-25-13-17-11-23(8-9-26-17)20(24)18-7-6-15(2)22-19(18)21/h3-7,10,17H,8-9,11-13H2,1-2H3. The molecule has 1 aliphatic heterocycles. The molecule has 1 aliphatic rings. The van der Waals surface area contributed by atoms with Crippen molar-refractivity contribution in [3.05, 3.63) is 63.9 Å². The Bertz CT molecular complexity index is 781. The fourth-order valence-electron chi connectivity index (χ4n) is 2.97. The number of ether oxygens (including phenoxy) is 2. The predicted molar refractivity (Wildman–Crippen MR) is 100 cm³/mol. The minimum absolute atomic E-state index is 0.116. The summed E-state index contributed by atoms with van der Waals surface area (Å²) in [6.07, 6.45) is -0.144. The van der Waals surface area contributed by atoms with Crippen LogP contribution in [0.5, 0.6) is 0 Å². The summed E-state index contributed by atoms with van der Waals surface area (Å²) in [6, 6.07) is 11.7. The molecule has 0 N–H and O–H groups in total. The van der Waals surface area contributed by atoms with Gasteiger partial charge in [0.05, 0.1) is 31.5 Å². The van der Waals surface area contributed by atoms with Crippen molar-refractivity contribution in [1.29, 1.82) is 0 Å². The first-order valence-corrected chi connectivity index (χ1v) is 9.08. The molecule has 3 rings (SSSR count). The highest BCUT2D eigenvalue weighted by atomic mass is 35.5. The largest absolute Gasteiger partial charge is 0.374 e. The quantitative estimate of drug-likeness (QED) is 0.752. The number of benzene rings is 1. The fraction of sp³-hybridized carbons (Fsp3) is 0.400. The molecule has 0 spiro atoms. The lowest BCUT2D eigenvalue weighted by Crippen LogP contribution is -2.47. The lowest BCUT2D eigenvalue weighted by atomic mass is 10.1. The van der Waals surface area contributed by atoms with Crippen molar-refractivity contribution in [2.45, 2.75) is 26.6 Å². The van der Waals surface area contributed by atoms with Gasteiger partial charge in [-0.1, -0.05) is 41.4 Å². The number of aromatic nitrogens is 1. The second kappa shape index (κ2) is 8.62. The van der Waals surface area contributed by atoms with Gasteiger partial charge >= 0.3 is 0 Å². The van der Waals surface area contributed by atoms with Crippen LogP contribution in [0.15, 0.2) is 36.4 Å². The Kier molecular flexibility index (Phi) is 6.25. The molecule has 1 aromatic heterocycles. The van der Waals surface area contributed by atoms with E-state index in [1.54, 1.807) is 17.0 Å². The van der Waals surface area contributed by atoms with Crippen LogP contribution in [0.2, 0.25) is 5.15 Å². The van der Waals surface area contributed by atoms with Crippen LogP contribution >= 0.6 is 11.6 Å². The van der Waals surface area contributed by atoms with Crippen LogP contribution in [0.1, 0.15) is 27.2 Å². The third kappa shape index (κ3) is 4.81. The van der Waals surface area contributed by atoms with E-state index in [9.17, 15) is 4.79 Å². The van der Waals surface area contributed by atoms with E-state index in [0.717, 1.165) is 11.3 Å². The van der Waals surface area contributed by atoms with Crippen molar-refractivity contribution in [2.24, 2.45) is 0 Å². The highest BCUT2D eigenvalue weighted by molar-refractivity contribution is 6.32. The Morgan fingerprint density at radius 1 is 1.35 bits per heavy atom. The zero-order valence-electron chi connectivity index (χ0n) is 15.1. The summed E-state index contributed by atoms with van der Waals surface area (Å²) in [5.41, 5.74) is 3.56. The normalized spacial score (nSPS) is 17.3. The summed E-state index contributed by atoms with van der Waals surface area (Å²) in [5, 5.41) is 0.244. The van der Waals surface area contributed by atoms with Crippen molar-refractivity contribution in [2.75, 3.05) is 26.3 Å². The molecule has 2 heterocycles. The van der Waals surface area contributed by atoms with E-state index in [0.29, 0.717) is 38.5 Å². The van der Waals surface area contributed by atoms with E-state index in [1.807, 2.05) is 19.1 Å². The molecule has 1 fully saturated rings. The minimum Gasteiger partial charge on any atom is -0.374 e. The van der Waals surface area contributed by atoms with Gasteiger partial charge in [-0.2, -0.15) is 0 Å². The summed E-state index contributed by atoms with van der Waals surface area (Å²) in [7, 11) is 0. The summed E-state index contributed by atoms with van der Waals surface area (Å²) < 4.78 is 11.5. The number of amides is 1. The molecule has 2 aromatic rings. The van der Waals surface area contributed by atoms with E-state index >= 15 is 0 Å². The van der Waals surface area contributed by atoms with Crippen LogP contribution in [0.4, 0.5) is 0 Å². The maximum absolute atomic E-state index is 12.7. The molecule has 0 radical (unpaired) electrons. The van der Waals surface area contributed by atoms with Gasteiger partial charge in [-0.25, -0.2) is 4.98 Å². The molecule has 1 atom stereocenters. The molecule has 1 unspecified atom stereocenters. The van der Waals surface area contributed by atoms with Gasteiger partial charge in [0, 0.05) is 18.8 Å². The first kappa shape index (κ1) is 18.8. The number of carbonyl (C=O) groups excluding carboxylic acids is 1. The summed E-state index contributed by atoms with van der Waals surface area (Å²) in [6.45, 7) is 6.38. The fourth-order valence-corrected chi connectivity index (χ4v) is 3.25. The first-order chi connectivity index (χ1) is 12.5. The molecule has 1 amide bonds. The Labute approximate surface area is 158 Å². The number of morpholine rings is 1. The first-order valence-electron chi connectivity index (χ1n) is 8.70. The maximum atomic E-state index is 12.7. The number of nitrogens with zero attached hydrogens (tertiary/aromatic N) is 2. The topological polar surface area (TPSA) is 51.7 Å². The van der Waals surface area contributed by atoms with Gasteiger partial charge in [0.25, 0.3) is 5.91 Å². The molecule has 0 saturated carbocycles. The highest BCUT2D eigenvalue weighted by Crippen LogP contribution is 2.18. The van der Waals surface area contributed by atoms with Crippen LogP contribution in [-0.2, 0) is 16.1 Å². The zero-order chi connectivity index (χ0) is 18.5. The number of hydrogen-bond acceptors (Lipinski definition) is 4. The summed E-state index contributed by atoms with van der Waals surface area (Å²) in [5.74, 6) is -0.116. The van der Waals surface area contributed by atoms with Gasteiger partial charge in [-0.3, -0.25) is 4.79 Å². The monoisotopic (exact) mass is 374 g/mol. The molecule has 26 heavy (non-hydrogen) atoms. The van der Waals surface area contributed by atoms with Crippen LogP contribution in [-0.4, -0.2) is 48.2 Å². The number of rotatable bonds is 5. The molecule has 5 nitrogen and oxygen atoms in total. The Hall–Kier alpha value is -1.95. The average Bonchev–Trinajstić information content (AvgIpc) is 2.62. The molecular formula is C20H23ClN2O3. The minimum atomic E-state index is -0.144.